The van der Waals surface area contributed by atoms with E-state index in [9.17, 15) is 5.11 Å². The Hall–Kier alpha value is -0.300. The minimum Gasteiger partial charge on any atom is -0.396 e. The second-order valence-electron chi connectivity index (χ2n) is 12.9. The van der Waals surface area contributed by atoms with E-state index in [1.807, 2.05) is 11.1 Å². The van der Waals surface area contributed by atoms with Crippen molar-refractivity contribution in [2.45, 2.75) is 112 Å². The largest absolute Gasteiger partial charge is 0.396 e. The van der Waals surface area contributed by atoms with Crippen LogP contribution in [0.2, 0.25) is 0 Å². The van der Waals surface area contributed by atoms with Gasteiger partial charge in [0, 0.05) is 6.61 Å². The van der Waals surface area contributed by atoms with Crippen LogP contribution in [0.3, 0.4) is 0 Å². The third-order valence-electron chi connectivity index (χ3n) is 11.4. The normalized spacial score (nSPS) is 44.1. The van der Waals surface area contributed by atoms with Gasteiger partial charge in [-0.2, -0.15) is 0 Å². The number of aliphatic hydroxyl groups excluding tert-OH is 1. The van der Waals surface area contributed by atoms with E-state index in [1.54, 1.807) is 0 Å². The molecule has 172 valence electrons. The highest BCUT2D eigenvalue weighted by molar-refractivity contribution is 5.34. The van der Waals surface area contributed by atoms with Crippen LogP contribution >= 0.6 is 0 Å². The van der Waals surface area contributed by atoms with Crippen molar-refractivity contribution in [2.24, 2.45) is 52.3 Å². The molecular formula is C29H50O. The molecular weight excluding hydrogens is 364 g/mol. The lowest BCUT2D eigenvalue weighted by Crippen LogP contribution is -2.48. The van der Waals surface area contributed by atoms with E-state index in [0.717, 1.165) is 29.6 Å². The number of aliphatic hydroxyl groups is 1. The fraction of sp³-hybridized carbons (Fsp3) is 0.931. The molecule has 9 atom stereocenters. The molecule has 0 amide bonds. The summed E-state index contributed by atoms with van der Waals surface area (Å²) in [6.07, 6.45) is 15.7. The molecule has 3 saturated carbocycles. The van der Waals surface area contributed by atoms with Crippen LogP contribution in [0.25, 0.3) is 0 Å². The van der Waals surface area contributed by atoms with E-state index < -0.39 is 0 Å². The molecule has 0 spiro atoms. The predicted octanol–water partition coefficient (Wildman–Crippen LogP) is 8.03. The highest BCUT2D eigenvalue weighted by atomic mass is 16.3. The van der Waals surface area contributed by atoms with Gasteiger partial charge < -0.3 is 5.11 Å². The van der Waals surface area contributed by atoms with Gasteiger partial charge in [0.1, 0.15) is 0 Å². The molecule has 0 aromatic carbocycles. The minimum absolute atomic E-state index is 0.340. The topological polar surface area (TPSA) is 20.2 Å². The maximum absolute atomic E-state index is 9.50. The Balaban J connectivity index is 1.52. The average Bonchev–Trinajstić information content (AvgIpc) is 3.08. The van der Waals surface area contributed by atoms with E-state index in [1.165, 1.54) is 70.6 Å². The van der Waals surface area contributed by atoms with Crippen molar-refractivity contribution >= 4 is 0 Å². The molecule has 4 rings (SSSR count). The number of hydrogen-bond acceptors (Lipinski definition) is 1. The summed E-state index contributed by atoms with van der Waals surface area (Å²) in [5, 5.41) is 9.50. The number of hydrogen-bond donors (Lipinski definition) is 1. The lowest BCUT2D eigenvalue weighted by atomic mass is 9.47. The molecule has 0 aliphatic heterocycles. The lowest BCUT2D eigenvalue weighted by Gasteiger charge is -2.58. The Morgan fingerprint density at radius 1 is 0.933 bits per heavy atom. The summed E-state index contributed by atoms with van der Waals surface area (Å²) in [5.74, 6) is 5.62. The fourth-order valence-corrected chi connectivity index (χ4v) is 9.18. The van der Waals surface area contributed by atoms with Crippen LogP contribution < -0.4 is 0 Å². The first-order valence-corrected chi connectivity index (χ1v) is 13.6. The summed E-state index contributed by atoms with van der Waals surface area (Å²) in [6, 6.07) is 0. The standard InChI is InChI=1S/C29H50O/c1-19(22(4)18-30)9-10-21(3)25-13-14-26-23-11-12-24-20(2)8-7-16-28(24,5)27(23)15-17-29(25,26)6/h19-22,24-25,27,30H,7-18H2,1-6H3/t19-,20+,21+,22?,24?,25+,27-,28-,29+/m0/s1. The highest BCUT2D eigenvalue weighted by Crippen LogP contribution is 2.66. The van der Waals surface area contributed by atoms with E-state index in [-0.39, 0.29) is 0 Å². The van der Waals surface area contributed by atoms with Crippen LogP contribution in [0.15, 0.2) is 11.1 Å². The van der Waals surface area contributed by atoms with Crippen LogP contribution in [0.1, 0.15) is 112 Å². The molecule has 0 bridgehead atoms. The maximum atomic E-state index is 9.50. The molecule has 0 saturated heterocycles. The highest BCUT2D eigenvalue weighted by Gasteiger charge is 2.55. The quantitative estimate of drug-likeness (QED) is 0.436. The Bertz CT molecular complexity index is 649. The number of rotatable bonds is 6. The second-order valence-corrected chi connectivity index (χ2v) is 12.9. The molecule has 30 heavy (non-hydrogen) atoms. The molecule has 4 aliphatic rings. The summed E-state index contributed by atoms with van der Waals surface area (Å²) in [5.41, 5.74) is 5.00. The van der Waals surface area contributed by atoms with E-state index >= 15 is 0 Å². The van der Waals surface area contributed by atoms with Crippen molar-refractivity contribution in [1.29, 1.82) is 0 Å². The summed E-state index contributed by atoms with van der Waals surface area (Å²) in [4.78, 5) is 0. The van der Waals surface area contributed by atoms with Crippen LogP contribution in [-0.2, 0) is 0 Å². The first-order valence-electron chi connectivity index (χ1n) is 13.6. The van der Waals surface area contributed by atoms with Gasteiger partial charge in [0.15, 0.2) is 0 Å². The van der Waals surface area contributed by atoms with Crippen molar-refractivity contribution < 1.29 is 5.11 Å². The van der Waals surface area contributed by atoms with Crippen LogP contribution in [-0.4, -0.2) is 11.7 Å². The SMILES string of the molecule is CC(CO)[C@@H](C)CC[C@@H](C)[C@H]1CCC2=C3CCC4[C@H](C)CCC[C@]4(C)[C@H]3CC[C@@]21C. The molecule has 3 fully saturated rings. The third kappa shape index (κ3) is 3.64. The summed E-state index contributed by atoms with van der Waals surface area (Å²) in [7, 11) is 0. The van der Waals surface area contributed by atoms with Gasteiger partial charge in [0.05, 0.1) is 0 Å². The summed E-state index contributed by atoms with van der Waals surface area (Å²) < 4.78 is 0. The second kappa shape index (κ2) is 8.57. The maximum Gasteiger partial charge on any atom is 0.0459 e. The zero-order chi connectivity index (χ0) is 21.7. The molecule has 0 radical (unpaired) electrons. The Kier molecular flexibility index (Phi) is 6.53. The van der Waals surface area contributed by atoms with Gasteiger partial charge in [-0.1, -0.05) is 78.4 Å². The van der Waals surface area contributed by atoms with Gasteiger partial charge in [-0.15, -0.1) is 0 Å². The van der Waals surface area contributed by atoms with Gasteiger partial charge in [0.25, 0.3) is 0 Å². The van der Waals surface area contributed by atoms with E-state index in [0.29, 0.717) is 29.3 Å². The molecule has 0 aromatic heterocycles. The predicted molar refractivity (Wildman–Crippen MR) is 128 cm³/mol. The summed E-state index contributed by atoms with van der Waals surface area (Å²) >= 11 is 0. The first-order chi connectivity index (χ1) is 14.2. The van der Waals surface area contributed by atoms with Gasteiger partial charge in [-0.25, -0.2) is 0 Å². The first kappa shape index (κ1) is 22.9. The molecule has 1 heteroatoms. The zero-order valence-electron chi connectivity index (χ0n) is 21.0. The minimum atomic E-state index is 0.340. The Morgan fingerprint density at radius 3 is 2.43 bits per heavy atom. The van der Waals surface area contributed by atoms with Crippen LogP contribution in [0, 0.1) is 52.3 Å². The molecule has 1 N–H and O–H groups in total. The van der Waals surface area contributed by atoms with Gasteiger partial charge in [0.2, 0.25) is 0 Å². The van der Waals surface area contributed by atoms with Crippen molar-refractivity contribution in [2.75, 3.05) is 6.61 Å². The van der Waals surface area contributed by atoms with Gasteiger partial charge in [-0.3, -0.25) is 0 Å². The molecule has 0 aromatic rings. The molecule has 1 nitrogen and oxygen atoms in total. The van der Waals surface area contributed by atoms with Gasteiger partial charge in [-0.05, 0) is 97.2 Å². The van der Waals surface area contributed by atoms with Crippen LogP contribution in [0.4, 0.5) is 0 Å². The average molecular weight is 415 g/mol. The van der Waals surface area contributed by atoms with Gasteiger partial charge >= 0.3 is 0 Å². The number of fused-ring (bicyclic) bond motifs is 4. The monoisotopic (exact) mass is 414 g/mol. The Morgan fingerprint density at radius 2 is 1.70 bits per heavy atom. The lowest BCUT2D eigenvalue weighted by molar-refractivity contribution is -0.0202. The van der Waals surface area contributed by atoms with E-state index in [4.69, 9.17) is 0 Å². The smallest absolute Gasteiger partial charge is 0.0459 e. The zero-order valence-corrected chi connectivity index (χ0v) is 21.0. The molecule has 2 unspecified atom stereocenters. The van der Waals surface area contributed by atoms with Crippen molar-refractivity contribution in [3.05, 3.63) is 11.1 Å². The summed E-state index contributed by atoms with van der Waals surface area (Å²) in [6.45, 7) is 15.3. The van der Waals surface area contributed by atoms with Crippen LogP contribution in [0.5, 0.6) is 0 Å². The van der Waals surface area contributed by atoms with Crippen molar-refractivity contribution in [1.82, 2.24) is 0 Å². The Labute approximate surface area is 187 Å². The molecule has 0 heterocycles. The van der Waals surface area contributed by atoms with E-state index in [2.05, 4.69) is 41.5 Å². The van der Waals surface area contributed by atoms with Crippen molar-refractivity contribution in [3.63, 3.8) is 0 Å². The molecule has 4 aliphatic carbocycles. The number of allylic oxidation sites excluding steroid dienone is 2. The van der Waals surface area contributed by atoms with Crippen molar-refractivity contribution in [3.8, 4) is 0 Å². The fourth-order valence-electron chi connectivity index (χ4n) is 9.18. The third-order valence-corrected chi connectivity index (χ3v) is 11.4.